The van der Waals surface area contributed by atoms with Gasteiger partial charge in [0.05, 0.1) is 0 Å². The van der Waals surface area contributed by atoms with Crippen LogP contribution in [0.1, 0.15) is 52.9 Å². The summed E-state index contributed by atoms with van der Waals surface area (Å²) in [4.78, 5) is 11.8. The number of ether oxygens (including phenoxy) is 1. The Morgan fingerprint density at radius 1 is 1.33 bits per heavy atom. The largest absolute Gasteiger partial charge is 0.461 e. The molecule has 0 saturated heterocycles. The SMILES string of the molecule is CCNC(C)(C)C(=O)OC1CCCCC1. The molecule has 0 aromatic rings. The molecule has 1 aliphatic carbocycles. The average molecular weight is 213 g/mol. The molecule has 1 rings (SSSR count). The van der Waals surface area contributed by atoms with Gasteiger partial charge in [0.15, 0.2) is 0 Å². The lowest BCUT2D eigenvalue weighted by molar-refractivity contribution is -0.157. The van der Waals surface area contributed by atoms with Crippen molar-refractivity contribution in [2.45, 2.75) is 64.5 Å². The summed E-state index contributed by atoms with van der Waals surface area (Å²) in [5, 5.41) is 3.14. The van der Waals surface area contributed by atoms with E-state index in [4.69, 9.17) is 4.74 Å². The normalized spacial score (nSPS) is 18.9. The van der Waals surface area contributed by atoms with Crippen molar-refractivity contribution in [1.82, 2.24) is 5.32 Å². The van der Waals surface area contributed by atoms with Crippen molar-refractivity contribution < 1.29 is 9.53 Å². The zero-order valence-electron chi connectivity index (χ0n) is 10.1. The molecule has 0 heterocycles. The predicted octanol–water partition coefficient (Wildman–Crippen LogP) is 2.25. The standard InChI is InChI=1S/C12H23NO2/c1-4-13-12(2,3)11(14)15-10-8-6-5-7-9-10/h10,13H,4-9H2,1-3H3. The summed E-state index contributed by atoms with van der Waals surface area (Å²) in [5.41, 5.74) is -0.549. The van der Waals surface area contributed by atoms with Gasteiger partial charge in [-0.3, -0.25) is 4.79 Å². The highest BCUT2D eigenvalue weighted by molar-refractivity contribution is 5.79. The maximum Gasteiger partial charge on any atom is 0.326 e. The van der Waals surface area contributed by atoms with Crippen molar-refractivity contribution >= 4 is 5.97 Å². The van der Waals surface area contributed by atoms with Crippen molar-refractivity contribution in [3.63, 3.8) is 0 Å². The first-order valence-corrected chi connectivity index (χ1v) is 6.02. The fourth-order valence-electron chi connectivity index (χ4n) is 2.00. The van der Waals surface area contributed by atoms with Gasteiger partial charge in [0.25, 0.3) is 0 Å². The third kappa shape index (κ3) is 3.82. The van der Waals surface area contributed by atoms with Crippen molar-refractivity contribution in [2.75, 3.05) is 6.54 Å². The molecule has 15 heavy (non-hydrogen) atoms. The number of hydrogen-bond acceptors (Lipinski definition) is 3. The third-order valence-electron chi connectivity index (χ3n) is 2.95. The number of carbonyl (C=O) groups is 1. The Kier molecular flexibility index (Phi) is 4.58. The quantitative estimate of drug-likeness (QED) is 0.728. The van der Waals surface area contributed by atoms with E-state index in [-0.39, 0.29) is 12.1 Å². The minimum absolute atomic E-state index is 0.115. The van der Waals surface area contributed by atoms with Gasteiger partial charge in [0.2, 0.25) is 0 Å². The van der Waals surface area contributed by atoms with E-state index in [9.17, 15) is 4.79 Å². The molecular formula is C12H23NO2. The Labute approximate surface area is 92.6 Å². The number of nitrogens with one attached hydrogen (secondary N) is 1. The van der Waals surface area contributed by atoms with Crippen LogP contribution in [0, 0.1) is 0 Å². The maximum atomic E-state index is 11.8. The minimum Gasteiger partial charge on any atom is -0.461 e. The van der Waals surface area contributed by atoms with Gasteiger partial charge in [0, 0.05) is 0 Å². The maximum absolute atomic E-state index is 11.8. The first kappa shape index (κ1) is 12.5. The Balaban J connectivity index is 2.39. The fraction of sp³-hybridized carbons (Fsp3) is 0.917. The van der Waals surface area contributed by atoms with Gasteiger partial charge >= 0.3 is 5.97 Å². The predicted molar refractivity (Wildman–Crippen MR) is 60.7 cm³/mol. The fourth-order valence-corrected chi connectivity index (χ4v) is 2.00. The van der Waals surface area contributed by atoms with Gasteiger partial charge in [-0.1, -0.05) is 13.3 Å². The number of carbonyl (C=O) groups excluding carboxylic acids is 1. The molecular weight excluding hydrogens is 190 g/mol. The van der Waals surface area contributed by atoms with Gasteiger partial charge in [-0.15, -0.1) is 0 Å². The average Bonchev–Trinajstić information content (AvgIpc) is 2.19. The van der Waals surface area contributed by atoms with E-state index in [1.165, 1.54) is 19.3 Å². The molecule has 88 valence electrons. The number of esters is 1. The summed E-state index contributed by atoms with van der Waals surface area (Å²) in [7, 11) is 0. The Hall–Kier alpha value is -0.570. The van der Waals surface area contributed by atoms with Gasteiger partial charge in [-0.25, -0.2) is 0 Å². The zero-order valence-corrected chi connectivity index (χ0v) is 10.1. The molecule has 0 spiro atoms. The summed E-state index contributed by atoms with van der Waals surface area (Å²) in [5.74, 6) is -0.115. The van der Waals surface area contributed by atoms with Crippen molar-refractivity contribution in [3.05, 3.63) is 0 Å². The third-order valence-corrected chi connectivity index (χ3v) is 2.95. The Morgan fingerprint density at radius 2 is 1.93 bits per heavy atom. The van der Waals surface area contributed by atoms with E-state index in [1.54, 1.807) is 0 Å². The van der Waals surface area contributed by atoms with E-state index in [0.29, 0.717) is 0 Å². The number of rotatable bonds is 4. The van der Waals surface area contributed by atoms with E-state index in [1.807, 2.05) is 20.8 Å². The lowest BCUT2D eigenvalue weighted by Crippen LogP contribution is -2.48. The second-order valence-electron chi connectivity index (χ2n) is 4.82. The van der Waals surface area contributed by atoms with Crippen LogP contribution >= 0.6 is 0 Å². The highest BCUT2D eigenvalue weighted by Gasteiger charge is 2.30. The first-order chi connectivity index (χ1) is 7.06. The molecule has 0 unspecified atom stereocenters. The van der Waals surface area contributed by atoms with Crippen LogP contribution in [0.25, 0.3) is 0 Å². The molecule has 0 radical (unpaired) electrons. The topological polar surface area (TPSA) is 38.3 Å². The molecule has 0 bridgehead atoms. The number of hydrogen-bond donors (Lipinski definition) is 1. The summed E-state index contributed by atoms with van der Waals surface area (Å²) < 4.78 is 5.51. The molecule has 1 saturated carbocycles. The summed E-state index contributed by atoms with van der Waals surface area (Å²) in [6.07, 6.45) is 5.90. The molecule has 0 amide bonds. The van der Waals surface area contributed by atoms with Crippen molar-refractivity contribution in [2.24, 2.45) is 0 Å². The highest BCUT2D eigenvalue weighted by atomic mass is 16.5. The monoisotopic (exact) mass is 213 g/mol. The molecule has 0 atom stereocenters. The van der Waals surface area contributed by atoms with Gasteiger partial charge in [-0.05, 0) is 46.1 Å². The van der Waals surface area contributed by atoms with Crippen LogP contribution in [0.15, 0.2) is 0 Å². The Bertz CT molecular complexity index is 208. The summed E-state index contributed by atoms with van der Waals surface area (Å²) in [6.45, 7) is 6.53. The van der Waals surface area contributed by atoms with Crippen LogP contribution in [0.2, 0.25) is 0 Å². The van der Waals surface area contributed by atoms with Crippen molar-refractivity contribution in [3.8, 4) is 0 Å². The summed E-state index contributed by atoms with van der Waals surface area (Å²) in [6, 6.07) is 0. The molecule has 1 aliphatic rings. The van der Waals surface area contributed by atoms with Crippen LogP contribution in [-0.2, 0) is 9.53 Å². The van der Waals surface area contributed by atoms with Gasteiger partial charge < -0.3 is 10.1 Å². The molecule has 0 aliphatic heterocycles. The van der Waals surface area contributed by atoms with E-state index in [2.05, 4.69) is 5.32 Å². The molecule has 3 heteroatoms. The zero-order chi connectivity index (χ0) is 11.3. The summed E-state index contributed by atoms with van der Waals surface area (Å²) >= 11 is 0. The smallest absolute Gasteiger partial charge is 0.326 e. The van der Waals surface area contributed by atoms with Crippen LogP contribution < -0.4 is 5.32 Å². The minimum atomic E-state index is -0.549. The van der Waals surface area contributed by atoms with Crippen LogP contribution in [0.3, 0.4) is 0 Å². The van der Waals surface area contributed by atoms with E-state index >= 15 is 0 Å². The number of likely N-dealkylation sites (N-methyl/N-ethyl adjacent to an activating group) is 1. The molecule has 0 aromatic heterocycles. The van der Waals surface area contributed by atoms with E-state index in [0.717, 1.165) is 19.4 Å². The van der Waals surface area contributed by atoms with Crippen LogP contribution in [0.5, 0.6) is 0 Å². The molecule has 0 aromatic carbocycles. The molecule has 1 N–H and O–H groups in total. The van der Waals surface area contributed by atoms with Gasteiger partial charge in [-0.2, -0.15) is 0 Å². The first-order valence-electron chi connectivity index (χ1n) is 6.02. The second-order valence-corrected chi connectivity index (χ2v) is 4.82. The molecule has 3 nitrogen and oxygen atoms in total. The molecule has 1 fully saturated rings. The Morgan fingerprint density at radius 3 is 2.47 bits per heavy atom. The lowest BCUT2D eigenvalue weighted by Gasteiger charge is -2.28. The van der Waals surface area contributed by atoms with Crippen LogP contribution in [0.4, 0.5) is 0 Å². The highest BCUT2D eigenvalue weighted by Crippen LogP contribution is 2.21. The lowest BCUT2D eigenvalue weighted by atomic mass is 9.97. The van der Waals surface area contributed by atoms with Gasteiger partial charge in [0.1, 0.15) is 11.6 Å². The van der Waals surface area contributed by atoms with E-state index < -0.39 is 5.54 Å². The second kappa shape index (κ2) is 5.50. The van der Waals surface area contributed by atoms with Crippen LogP contribution in [-0.4, -0.2) is 24.2 Å². The van der Waals surface area contributed by atoms with Crippen molar-refractivity contribution in [1.29, 1.82) is 0 Å².